The molecular formula is C22H22ClN5O. The van der Waals surface area contributed by atoms with Crippen molar-refractivity contribution in [2.24, 2.45) is 0 Å². The van der Waals surface area contributed by atoms with Gasteiger partial charge in [-0.1, -0.05) is 23.7 Å². The number of nitrogens with zero attached hydrogens (tertiary/aromatic N) is 3. The Hall–Kier alpha value is -3.12. The van der Waals surface area contributed by atoms with E-state index in [1.165, 1.54) is 19.3 Å². The lowest BCUT2D eigenvalue weighted by Crippen LogP contribution is -2.30. The van der Waals surface area contributed by atoms with Gasteiger partial charge in [0.05, 0.1) is 5.69 Å². The maximum atomic E-state index is 12.1. The van der Waals surface area contributed by atoms with Crippen LogP contribution in [-0.2, 0) is 0 Å². The number of anilines is 3. The van der Waals surface area contributed by atoms with Crippen LogP contribution in [0.15, 0.2) is 60.7 Å². The number of hydrogen-bond donors (Lipinski definition) is 2. The van der Waals surface area contributed by atoms with Gasteiger partial charge in [-0.25, -0.2) is 4.79 Å². The first-order valence-electron chi connectivity index (χ1n) is 9.70. The average molecular weight is 408 g/mol. The van der Waals surface area contributed by atoms with Gasteiger partial charge in [0.2, 0.25) is 0 Å². The van der Waals surface area contributed by atoms with Crippen molar-refractivity contribution in [2.75, 3.05) is 28.6 Å². The second kappa shape index (κ2) is 8.92. The van der Waals surface area contributed by atoms with Crippen LogP contribution in [0.1, 0.15) is 19.3 Å². The highest BCUT2D eigenvalue weighted by molar-refractivity contribution is 6.30. The molecule has 1 aromatic heterocycles. The summed E-state index contributed by atoms with van der Waals surface area (Å²) in [5.41, 5.74) is 3.12. The fourth-order valence-corrected chi connectivity index (χ4v) is 3.45. The monoisotopic (exact) mass is 407 g/mol. The molecule has 1 aliphatic rings. The second-order valence-corrected chi connectivity index (χ2v) is 7.42. The molecule has 0 aliphatic carbocycles. The quantitative estimate of drug-likeness (QED) is 0.604. The molecule has 0 atom stereocenters. The molecular weight excluding hydrogens is 386 g/mol. The molecule has 29 heavy (non-hydrogen) atoms. The van der Waals surface area contributed by atoms with Crippen LogP contribution >= 0.6 is 11.6 Å². The normalized spacial score (nSPS) is 13.8. The third kappa shape index (κ3) is 5.03. The number of aromatic nitrogens is 2. The molecule has 2 amide bonds. The molecule has 4 rings (SSSR count). The first-order chi connectivity index (χ1) is 14.2. The van der Waals surface area contributed by atoms with Crippen LogP contribution in [-0.4, -0.2) is 29.3 Å². The van der Waals surface area contributed by atoms with Crippen molar-refractivity contribution in [1.82, 2.24) is 10.2 Å². The fraction of sp³-hybridized carbons (Fsp3) is 0.227. The summed E-state index contributed by atoms with van der Waals surface area (Å²) in [5.74, 6) is 0.936. The fourth-order valence-electron chi connectivity index (χ4n) is 3.32. The first-order valence-corrected chi connectivity index (χ1v) is 10.1. The zero-order valence-corrected chi connectivity index (χ0v) is 16.7. The Morgan fingerprint density at radius 3 is 2.00 bits per heavy atom. The molecule has 0 saturated carbocycles. The van der Waals surface area contributed by atoms with Crippen molar-refractivity contribution in [3.05, 3.63) is 65.7 Å². The second-order valence-electron chi connectivity index (χ2n) is 6.99. The largest absolute Gasteiger partial charge is 0.355 e. The van der Waals surface area contributed by atoms with E-state index >= 15 is 0 Å². The summed E-state index contributed by atoms with van der Waals surface area (Å²) >= 11 is 5.85. The molecule has 1 saturated heterocycles. The Morgan fingerprint density at radius 1 is 0.793 bits per heavy atom. The predicted octanol–water partition coefficient (Wildman–Crippen LogP) is 5.43. The van der Waals surface area contributed by atoms with Gasteiger partial charge in [-0.3, -0.25) is 0 Å². The van der Waals surface area contributed by atoms with Crippen molar-refractivity contribution in [3.8, 4) is 11.3 Å². The molecule has 3 aromatic rings. The van der Waals surface area contributed by atoms with Gasteiger partial charge in [-0.2, -0.15) is 0 Å². The summed E-state index contributed by atoms with van der Waals surface area (Å²) in [6.45, 7) is 2.10. The number of rotatable bonds is 4. The minimum absolute atomic E-state index is 0.314. The van der Waals surface area contributed by atoms with Crippen molar-refractivity contribution in [1.29, 1.82) is 0 Å². The molecule has 0 bridgehead atoms. The third-order valence-electron chi connectivity index (χ3n) is 4.87. The van der Waals surface area contributed by atoms with Crippen LogP contribution in [0.5, 0.6) is 0 Å². The molecule has 148 valence electrons. The highest BCUT2D eigenvalue weighted by atomic mass is 35.5. The Bertz CT molecular complexity index is 952. The lowest BCUT2D eigenvalue weighted by Gasteiger charge is -2.27. The summed E-state index contributed by atoms with van der Waals surface area (Å²) in [6, 6.07) is 18.2. The number of hydrogen-bond acceptors (Lipinski definition) is 4. The van der Waals surface area contributed by atoms with E-state index in [0.717, 1.165) is 30.2 Å². The number of carbonyl (C=O) groups is 1. The van der Waals surface area contributed by atoms with Gasteiger partial charge < -0.3 is 15.5 Å². The zero-order chi connectivity index (χ0) is 20.1. The number of nitrogens with one attached hydrogen (secondary N) is 2. The van der Waals surface area contributed by atoms with Gasteiger partial charge >= 0.3 is 6.03 Å². The van der Waals surface area contributed by atoms with Crippen molar-refractivity contribution >= 4 is 34.8 Å². The summed E-state index contributed by atoms with van der Waals surface area (Å²) in [7, 11) is 0. The van der Waals surface area contributed by atoms with Gasteiger partial charge in [-0.15, -0.1) is 10.2 Å². The van der Waals surface area contributed by atoms with Crippen LogP contribution in [0.25, 0.3) is 11.3 Å². The highest BCUT2D eigenvalue weighted by Gasteiger charge is 2.12. The number of piperidine rings is 1. The average Bonchev–Trinajstić information content (AvgIpc) is 2.77. The molecule has 1 fully saturated rings. The SMILES string of the molecule is O=C(Nc1ccc(Cl)cc1)Nc1ccc(-c2ccc(N3CCCCC3)nn2)cc1. The van der Waals surface area contributed by atoms with Gasteiger partial charge in [0.25, 0.3) is 0 Å². The van der Waals surface area contributed by atoms with E-state index in [1.54, 1.807) is 24.3 Å². The van der Waals surface area contributed by atoms with E-state index in [1.807, 2.05) is 36.4 Å². The molecule has 6 nitrogen and oxygen atoms in total. The molecule has 2 aromatic carbocycles. The van der Waals surface area contributed by atoms with E-state index in [0.29, 0.717) is 16.4 Å². The molecule has 0 spiro atoms. The van der Waals surface area contributed by atoms with Crippen molar-refractivity contribution in [3.63, 3.8) is 0 Å². The smallest absolute Gasteiger partial charge is 0.323 e. The maximum absolute atomic E-state index is 12.1. The van der Waals surface area contributed by atoms with Crippen LogP contribution in [0, 0.1) is 0 Å². The van der Waals surface area contributed by atoms with E-state index in [-0.39, 0.29) is 6.03 Å². The van der Waals surface area contributed by atoms with Crippen LogP contribution in [0.3, 0.4) is 0 Å². The van der Waals surface area contributed by atoms with Crippen LogP contribution < -0.4 is 15.5 Å². The minimum Gasteiger partial charge on any atom is -0.355 e. The Morgan fingerprint density at radius 2 is 1.41 bits per heavy atom. The maximum Gasteiger partial charge on any atom is 0.323 e. The van der Waals surface area contributed by atoms with E-state index in [2.05, 4.69) is 25.7 Å². The number of amides is 2. The number of carbonyl (C=O) groups excluding carboxylic acids is 1. The van der Waals surface area contributed by atoms with E-state index in [9.17, 15) is 4.79 Å². The Labute approximate surface area is 174 Å². The first kappa shape index (κ1) is 19.2. The van der Waals surface area contributed by atoms with Crippen LogP contribution in [0.4, 0.5) is 22.0 Å². The summed E-state index contributed by atoms with van der Waals surface area (Å²) in [5, 5.41) is 15.0. The standard InChI is InChI=1S/C22H22ClN5O/c23-17-6-10-19(11-7-17)25-22(29)24-18-8-4-16(5-9-18)20-12-13-21(27-26-20)28-14-2-1-3-15-28/h4-13H,1-3,14-15H2,(H2,24,25,29). The summed E-state index contributed by atoms with van der Waals surface area (Å²) in [6.07, 6.45) is 3.72. The summed E-state index contributed by atoms with van der Waals surface area (Å²) < 4.78 is 0. The molecule has 0 radical (unpaired) electrons. The Kier molecular flexibility index (Phi) is 5.91. The molecule has 0 unspecified atom stereocenters. The predicted molar refractivity (Wildman–Crippen MR) is 118 cm³/mol. The van der Waals surface area contributed by atoms with Crippen molar-refractivity contribution < 1.29 is 4.79 Å². The molecule has 2 N–H and O–H groups in total. The van der Waals surface area contributed by atoms with Gasteiger partial charge in [0, 0.05) is 35.1 Å². The topological polar surface area (TPSA) is 70.2 Å². The van der Waals surface area contributed by atoms with Gasteiger partial charge in [0.1, 0.15) is 0 Å². The number of benzene rings is 2. The lowest BCUT2D eigenvalue weighted by molar-refractivity contribution is 0.262. The molecule has 1 aliphatic heterocycles. The third-order valence-corrected chi connectivity index (χ3v) is 5.12. The van der Waals surface area contributed by atoms with Gasteiger partial charge in [0.15, 0.2) is 5.82 Å². The van der Waals surface area contributed by atoms with Crippen LogP contribution in [0.2, 0.25) is 5.02 Å². The zero-order valence-electron chi connectivity index (χ0n) is 15.9. The number of urea groups is 1. The lowest BCUT2D eigenvalue weighted by atomic mass is 10.1. The molecule has 7 heteroatoms. The molecule has 2 heterocycles. The van der Waals surface area contributed by atoms with Gasteiger partial charge in [-0.05, 0) is 67.8 Å². The van der Waals surface area contributed by atoms with E-state index < -0.39 is 0 Å². The van der Waals surface area contributed by atoms with E-state index in [4.69, 9.17) is 11.6 Å². The minimum atomic E-state index is -0.314. The Balaban J connectivity index is 1.37. The van der Waals surface area contributed by atoms with Crippen molar-refractivity contribution in [2.45, 2.75) is 19.3 Å². The summed E-state index contributed by atoms with van der Waals surface area (Å²) in [4.78, 5) is 14.4. The number of halogens is 1. The highest BCUT2D eigenvalue weighted by Crippen LogP contribution is 2.22.